The lowest BCUT2D eigenvalue weighted by Gasteiger charge is -2.16. The topological polar surface area (TPSA) is 63.8 Å². The number of hydrogen-bond donors (Lipinski definition) is 2. The van der Waals surface area contributed by atoms with E-state index in [0.717, 1.165) is 21.3 Å². The van der Waals surface area contributed by atoms with Crippen LogP contribution in [0.1, 0.15) is 30.9 Å². The normalized spacial score (nSPS) is 10.9. The summed E-state index contributed by atoms with van der Waals surface area (Å²) in [5.74, 6) is 1.42. The Bertz CT molecular complexity index is 643. The fourth-order valence-electron chi connectivity index (χ4n) is 1.95. The van der Waals surface area contributed by atoms with Gasteiger partial charge in [-0.15, -0.1) is 0 Å². The lowest BCUT2D eigenvalue weighted by atomic mass is 10.0. The second kappa shape index (κ2) is 5.97. The van der Waals surface area contributed by atoms with Crippen LogP contribution in [0.4, 0.5) is 17.3 Å². The Hall–Kier alpha value is -1.33. The van der Waals surface area contributed by atoms with Gasteiger partial charge in [0.2, 0.25) is 0 Å². The van der Waals surface area contributed by atoms with Gasteiger partial charge in [-0.05, 0) is 46.5 Å². The van der Waals surface area contributed by atoms with Gasteiger partial charge in [0, 0.05) is 15.1 Å². The van der Waals surface area contributed by atoms with E-state index in [2.05, 4.69) is 45.1 Å². The first-order valence-electron chi connectivity index (χ1n) is 6.23. The van der Waals surface area contributed by atoms with Crippen LogP contribution in [0.5, 0.6) is 0 Å². The number of nitrogens with zero attached hydrogens (tertiary/aromatic N) is 2. The summed E-state index contributed by atoms with van der Waals surface area (Å²) < 4.78 is 0.922. The van der Waals surface area contributed by atoms with E-state index in [1.165, 1.54) is 6.33 Å². The summed E-state index contributed by atoms with van der Waals surface area (Å²) in [6.07, 6.45) is 1.45. The Kier molecular flexibility index (Phi) is 4.50. The first-order chi connectivity index (χ1) is 9.40. The molecule has 0 saturated heterocycles. The highest BCUT2D eigenvalue weighted by Gasteiger charge is 2.14. The molecule has 0 unspecified atom stereocenters. The highest BCUT2D eigenvalue weighted by molar-refractivity contribution is 9.10. The number of rotatable bonds is 3. The highest BCUT2D eigenvalue weighted by atomic mass is 79.9. The third kappa shape index (κ3) is 3.04. The SMILES string of the molecule is Cc1cc(Br)c(Nc2ncnc(N)c2C(C)C)cc1Cl. The standard InChI is InChI=1S/C14H16BrClN4/c1-7(2)12-13(17)18-6-19-14(12)20-11-5-10(16)8(3)4-9(11)15/h4-7H,1-3H3,(H3,17,18,19,20). The van der Waals surface area contributed by atoms with Crippen LogP contribution in [0.2, 0.25) is 5.02 Å². The third-order valence-electron chi connectivity index (χ3n) is 2.99. The van der Waals surface area contributed by atoms with Crippen molar-refractivity contribution in [3.63, 3.8) is 0 Å². The van der Waals surface area contributed by atoms with Crippen LogP contribution in [-0.2, 0) is 0 Å². The number of aromatic nitrogens is 2. The minimum Gasteiger partial charge on any atom is -0.383 e. The van der Waals surface area contributed by atoms with Crippen LogP contribution in [0.25, 0.3) is 0 Å². The second-order valence-electron chi connectivity index (χ2n) is 4.88. The number of aryl methyl sites for hydroxylation is 1. The van der Waals surface area contributed by atoms with Gasteiger partial charge in [-0.1, -0.05) is 25.4 Å². The molecule has 20 heavy (non-hydrogen) atoms. The van der Waals surface area contributed by atoms with Gasteiger partial charge in [0.15, 0.2) is 0 Å². The Labute approximate surface area is 131 Å². The molecule has 0 bridgehead atoms. The Morgan fingerprint density at radius 2 is 2.00 bits per heavy atom. The molecule has 1 aromatic heterocycles. The molecule has 0 aliphatic rings. The number of nitrogens with one attached hydrogen (secondary N) is 1. The lowest BCUT2D eigenvalue weighted by molar-refractivity contribution is 0.855. The maximum atomic E-state index is 6.17. The van der Waals surface area contributed by atoms with Gasteiger partial charge >= 0.3 is 0 Å². The fourth-order valence-corrected chi connectivity index (χ4v) is 2.67. The molecule has 3 N–H and O–H groups in total. The van der Waals surface area contributed by atoms with E-state index in [9.17, 15) is 0 Å². The van der Waals surface area contributed by atoms with E-state index in [1.807, 2.05) is 19.1 Å². The van der Waals surface area contributed by atoms with Crippen LogP contribution >= 0.6 is 27.5 Å². The van der Waals surface area contributed by atoms with Crippen LogP contribution in [0.3, 0.4) is 0 Å². The summed E-state index contributed by atoms with van der Waals surface area (Å²) >= 11 is 9.69. The first kappa shape index (κ1) is 15.1. The number of hydrogen-bond acceptors (Lipinski definition) is 4. The Morgan fingerprint density at radius 3 is 2.65 bits per heavy atom. The molecule has 0 amide bonds. The quantitative estimate of drug-likeness (QED) is 0.841. The van der Waals surface area contributed by atoms with Crippen molar-refractivity contribution in [1.29, 1.82) is 0 Å². The average Bonchev–Trinajstić information content (AvgIpc) is 2.35. The molecule has 0 fully saturated rings. The van der Waals surface area contributed by atoms with Crippen molar-refractivity contribution < 1.29 is 0 Å². The molecule has 4 nitrogen and oxygen atoms in total. The van der Waals surface area contributed by atoms with Crippen molar-refractivity contribution >= 4 is 44.9 Å². The number of anilines is 3. The van der Waals surface area contributed by atoms with Crippen LogP contribution < -0.4 is 11.1 Å². The van der Waals surface area contributed by atoms with E-state index in [1.54, 1.807) is 0 Å². The van der Waals surface area contributed by atoms with Gasteiger partial charge in [0.05, 0.1) is 5.69 Å². The van der Waals surface area contributed by atoms with E-state index in [4.69, 9.17) is 17.3 Å². The molecule has 0 atom stereocenters. The van der Waals surface area contributed by atoms with Crippen molar-refractivity contribution in [3.8, 4) is 0 Å². The van der Waals surface area contributed by atoms with Crippen LogP contribution in [0, 0.1) is 6.92 Å². The van der Waals surface area contributed by atoms with Crippen LogP contribution in [0.15, 0.2) is 22.9 Å². The summed E-state index contributed by atoms with van der Waals surface area (Å²) in [4.78, 5) is 8.33. The van der Waals surface area contributed by atoms with E-state index >= 15 is 0 Å². The molecule has 0 spiro atoms. The Morgan fingerprint density at radius 1 is 1.30 bits per heavy atom. The van der Waals surface area contributed by atoms with E-state index in [-0.39, 0.29) is 5.92 Å². The molecule has 0 aliphatic heterocycles. The molecule has 0 radical (unpaired) electrons. The second-order valence-corrected chi connectivity index (χ2v) is 6.14. The minimum absolute atomic E-state index is 0.221. The van der Waals surface area contributed by atoms with Gasteiger partial charge in [-0.2, -0.15) is 0 Å². The number of nitrogen functional groups attached to an aromatic ring is 1. The molecular formula is C14H16BrClN4. The molecule has 1 heterocycles. The first-order valence-corrected chi connectivity index (χ1v) is 7.40. The highest BCUT2D eigenvalue weighted by Crippen LogP contribution is 2.34. The smallest absolute Gasteiger partial charge is 0.139 e. The third-order valence-corrected chi connectivity index (χ3v) is 4.06. The summed E-state index contributed by atoms with van der Waals surface area (Å²) in [5, 5.41) is 3.97. The zero-order valence-corrected chi connectivity index (χ0v) is 13.9. The minimum atomic E-state index is 0.221. The molecule has 1 aromatic carbocycles. The number of halogens is 2. The van der Waals surface area contributed by atoms with Gasteiger partial charge in [-0.3, -0.25) is 0 Å². The molecule has 106 valence electrons. The van der Waals surface area contributed by atoms with Gasteiger partial charge in [0.1, 0.15) is 18.0 Å². The molecule has 0 aliphatic carbocycles. The molecular weight excluding hydrogens is 340 g/mol. The van der Waals surface area contributed by atoms with Crippen LogP contribution in [-0.4, -0.2) is 9.97 Å². The van der Waals surface area contributed by atoms with Gasteiger partial charge in [0.25, 0.3) is 0 Å². The molecule has 2 aromatic rings. The average molecular weight is 356 g/mol. The molecule has 2 rings (SSSR count). The number of nitrogens with two attached hydrogens (primary N) is 1. The summed E-state index contributed by atoms with van der Waals surface area (Å²) in [6.45, 7) is 6.06. The lowest BCUT2D eigenvalue weighted by Crippen LogP contribution is -2.07. The van der Waals surface area contributed by atoms with E-state index < -0.39 is 0 Å². The van der Waals surface area contributed by atoms with Crippen molar-refractivity contribution in [2.45, 2.75) is 26.7 Å². The van der Waals surface area contributed by atoms with Gasteiger partial charge in [-0.25, -0.2) is 9.97 Å². The van der Waals surface area contributed by atoms with Crippen molar-refractivity contribution in [2.75, 3.05) is 11.1 Å². The maximum Gasteiger partial charge on any atom is 0.139 e. The van der Waals surface area contributed by atoms with Gasteiger partial charge < -0.3 is 11.1 Å². The fraction of sp³-hybridized carbons (Fsp3) is 0.286. The molecule has 0 saturated carbocycles. The van der Waals surface area contributed by atoms with E-state index in [0.29, 0.717) is 16.7 Å². The zero-order valence-electron chi connectivity index (χ0n) is 11.5. The molecule has 6 heteroatoms. The predicted molar refractivity (Wildman–Crippen MR) is 87.7 cm³/mol. The Balaban J connectivity index is 2.45. The largest absolute Gasteiger partial charge is 0.383 e. The summed E-state index contributed by atoms with van der Waals surface area (Å²) in [6, 6.07) is 3.83. The predicted octanol–water partition coefficient (Wildman–Crippen LogP) is 4.65. The number of benzene rings is 1. The summed E-state index contributed by atoms with van der Waals surface area (Å²) in [5.41, 5.74) is 8.70. The summed E-state index contributed by atoms with van der Waals surface area (Å²) in [7, 11) is 0. The van der Waals surface area contributed by atoms with Crippen molar-refractivity contribution in [1.82, 2.24) is 9.97 Å². The maximum absolute atomic E-state index is 6.17. The monoisotopic (exact) mass is 354 g/mol. The zero-order chi connectivity index (χ0) is 14.9. The van der Waals surface area contributed by atoms with Crippen molar-refractivity contribution in [2.24, 2.45) is 0 Å². The van der Waals surface area contributed by atoms with Crippen molar-refractivity contribution in [3.05, 3.63) is 39.1 Å².